The maximum Gasteiger partial charge on any atom is 0.573 e. The second kappa shape index (κ2) is 5.99. The molecule has 1 rings (SSSR count). The number of carbonyl (C=O) groups is 1. The molecule has 0 atom stereocenters. The summed E-state index contributed by atoms with van der Waals surface area (Å²) in [5, 5.41) is 8.61. The van der Waals surface area contributed by atoms with Crippen molar-refractivity contribution in [2.75, 3.05) is 0 Å². The Balaban J connectivity index is 3.38. The van der Waals surface area contributed by atoms with Crippen molar-refractivity contribution in [1.82, 2.24) is 4.98 Å². The molecule has 1 heterocycles. The van der Waals surface area contributed by atoms with E-state index in [0.717, 1.165) is 0 Å². The molecule has 1 aromatic heterocycles. The Morgan fingerprint density at radius 3 is 2.45 bits per heavy atom. The first-order valence-corrected chi connectivity index (χ1v) is 5.12. The van der Waals surface area contributed by atoms with Crippen molar-refractivity contribution in [3.63, 3.8) is 0 Å². The van der Waals surface area contributed by atoms with Gasteiger partial charge < -0.3 is 15.6 Å². The molecular formula is C10H9F5N2O3. The summed E-state index contributed by atoms with van der Waals surface area (Å²) < 4.78 is 65.3. The number of hydrogen-bond donors (Lipinski definition) is 2. The van der Waals surface area contributed by atoms with Crippen LogP contribution in [0, 0.1) is 0 Å². The van der Waals surface area contributed by atoms with Crippen molar-refractivity contribution in [3.8, 4) is 5.75 Å². The zero-order valence-electron chi connectivity index (χ0n) is 9.75. The summed E-state index contributed by atoms with van der Waals surface area (Å²) in [6.45, 7) is -0.537. The minimum Gasteiger partial charge on any atom is -0.481 e. The largest absolute Gasteiger partial charge is 0.573 e. The SMILES string of the molecule is NCc1c(OC(F)(F)F)cc(C(F)F)nc1CC(=O)O. The highest BCUT2D eigenvalue weighted by Gasteiger charge is 2.33. The van der Waals surface area contributed by atoms with E-state index in [9.17, 15) is 26.7 Å². The molecule has 0 spiro atoms. The van der Waals surface area contributed by atoms with Crippen LogP contribution in [-0.2, 0) is 17.8 Å². The molecule has 0 aliphatic carbocycles. The highest BCUT2D eigenvalue weighted by atomic mass is 19.4. The van der Waals surface area contributed by atoms with Crippen LogP contribution in [0.2, 0.25) is 0 Å². The molecule has 0 aliphatic heterocycles. The molecule has 0 bridgehead atoms. The van der Waals surface area contributed by atoms with Crippen LogP contribution in [0.1, 0.15) is 23.4 Å². The standard InChI is InChI=1S/C10H9F5N2O3/c11-9(12)6-1-7(20-10(13,14)15)4(3-16)5(17-6)2-8(18)19/h1,9H,2-3,16H2,(H,18,19). The Labute approximate surface area is 109 Å². The number of nitrogens with zero attached hydrogens (tertiary/aromatic N) is 1. The number of carboxylic acids is 1. The predicted molar refractivity (Wildman–Crippen MR) is 55.1 cm³/mol. The quantitative estimate of drug-likeness (QED) is 0.812. The van der Waals surface area contributed by atoms with E-state index in [0.29, 0.717) is 6.07 Å². The number of aliphatic carboxylic acids is 1. The van der Waals surface area contributed by atoms with Crippen LogP contribution in [0.3, 0.4) is 0 Å². The second-order valence-corrected chi connectivity index (χ2v) is 3.59. The lowest BCUT2D eigenvalue weighted by atomic mass is 10.1. The molecule has 10 heteroatoms. The van der Waals surface area contributed by atoms with Crippen LogP contribution in [0.15, 0.2) is 6.07 Å². The Bertz CT molecular complexity index is 504. The number of nitrogens with two attached hydrogens (primary N) is 1. The Hall–Kier alpha value is -1.97. The second-order valence-electron chi connectivity index (χ2n) is 3.59. The molecule has 0 saturated heterocycles. The molecule has 3 N–H and O–H groups in total. The van der Waals surface area contributed by atoms with E-state index in [1.807, 2.05) is 0 Å². The molecule has 0 aromatic carbocycles. The van der Waals surface area contributed by atoms with Crippen LogP contribution in [-0.4, -0.2) is 22.4 Å². The van der Waals surface area contributed by atoms with E-state index in [1.54, 1.807) is 0 Å². The van der Waals surface area contributed by atoms with E-state index < -0.39 is 48.9 Å². The van der Waals surface area contributed by atoms with Gasteiger partial charge in [0.2, 0.25) is 0 Å². The van der Waals surface area contributed by atoms with Gasteiger partial charge in [0.1, 0.15) is 11.4 Å². The number of pyridine rings is 1. The minimum absolute atomic E-state index is 0.380. The van der Waals surface area contributed by atoms with E-state index in [2.05, 4.69) is 9.72 Å². The Kier molecular flexibility index (Phi) is 4.82. The van der Waals surface area contributed by atoms with Gasteiger partial charge in [0.25, 0.3) is 6.43 Å². The van der Waals surface area contributed by atoms with Gasteiger partial charge in [-0.25, -0.2) is 8.78 Å². The molecule has 5 nitrogen and oxygen atoms in total. The molecule has 0 saturated carbocycles. The molecule has 0 amide bonds. The summed E-state index contributed by atoms with van der Waals surface area (Å²) >= 11 is 0. The maximum atomic E-state index is 12.6. The fraction of sp³-hybridized carbons (Fsp3) is 0.400. The van der Waals surface area contributed by atoms with Crippen molar-refractivity contribution in [1.29, 1.82) is 0 Å². The lowest BCUT2D eigenvalue weighted by Crippen LogP contribution is -2.21. The fourth-order valence-electron chi connectivity index (χ4n) is 1.45. The molecule has 20 heavy (non-hydrogen) atoms. The van der Waals surface area contributed by atoms with Crippen LogP contribution in [0.25, 0.3) is 0 Å². The zero-order valence-corrected chi connectivity index (χ0v) is 9.75. The van der Waals surface area contributed by atoms with E-state index in [1.165, 1.54) is 0 Å². The minimum atomic E-state index is -5.12. The number of alkyl halides is 5. The molecule has 0 unspecified atom stereocenters. The van der Waals surface area contributed by atoms with Crippen LogP contribution < -0.4 is 10.5 Å². The average molecular weight is 300 g/mol. The smallest absolute Gasteiger partial charge is 0.481 e. The Morgan fingerprint density at radius 1 is 1.45 bits per heavy atom. The van der Waals surface area contributed by atoms with Gasteiger partial charge in [0.05, 0.1) is 12.1 Å². The summed E-state index contributed by atoms with van der Waals surface area (Å²) in [7, 11) is 0. The molecule has 0 fully saturated rings. The van der Waals surface area contributed by atoms with Gasteiger partial charge >= 0.3 is 12.3 Å². The third-order valence-corrected chi connectivity index (χ3v) is 2.16. The van der Waals surface area contributed by atoms with Gasteiger partial charge in [-0.05, 0) is 0 Å². The van der Waals surface area contributed by atoms with E-state index >= 15 is 0 Å². The summed E-state index contributed by atoms with van der Waals surface area (Å²) in [6, 6.07) is 0.395. The topological polar surface area (TPSA) is 85.4 Å². The van der Waals surface area contributed by atoms with Crippen LogP contribution >= 0.6 is 0 Å². The molecule has 0 aliphatic rings. The summed E-state index contributed by atoms with van der Waals surface area (Å²) in [6.07, 6.45) is -9.14. The third-order valence-electron chi connectivity index (χ3n) is 2.16. The highest BCUT2D eigenvalue weighted by molar-refractivity contribution is 5.70. The third kappa shape index (κ3) is 4.30. The molecule has 0 radical (unpaired) electrons. The van der Waals surface area contributed by atoms with Crippen molar-refractivity contribution < 1.29 is 36.6 Å². The fourth-order valence-corrected chi connectivity index (χ4v) is 1.45. The summed E-state index contributed by atoms with van der Waals surface area (Å²) in [5.74, 6) is -2.42. The maximum absolute atomic E-state index is 12.6. The molecule has 112 valence electrons. The van der Waals surface area contributed by atoms with E-state index in [-0.39, 0.29) is 5.56 Å². The Morgan fingerprint density at radius 2 is 2.05 bits per heavy atom. The first-order valence-electron chi connectivity index (χ1n) is 5.12. The van der Waals surface area contributed by atoms with Gasteiger partial charge in [-0.1, -0.05) is 0 Å². The predicted octanol–water partition coefficient (Wildman–Crippen LogP) is 2.00. The number of hydrogen-bond acceptors (Lipinski definition) is 4. The first kappa shape index (κ1) is 16.1. The van der Waals surface area contributed by atoms with Crippen LogP contribution in [0.5, 0.6) is 5.75 Å². The van der Waals surface area contributed by atoms with Crippen molar-refractivity contribution in [2.24, 2.45) is 5.73 Å². The van der Waals surface area contributed by atoms with E-state index in [4.69, 9.17) is 10.8 Å². The number of carboxylic acid groups (broad SMARTS) is 1. The summed E-state index contributed by atoms with van der Waals surface area (Å²) in [4.78, 5) is 13.9. The van der Waals surface area contributed by atoms with Crippen molar-refractivity contribution >= 4 is 5.97 Å². The average Bonchev–Trinajstić information content (AvgIpc) is 2.25. The number of ether oxygens (including phenoxy) is 1. The lowest BCUT2D eigenvalue weighted by Gasteiger charge is -2.16. The molecular weight excluding hydrogens is 291 g/mol. The first-order chi connectivity index (χ1) is 9.14. The van der Waals surface area contributed by atoms with Gasteiger partial charge in [-0.3, -0.25) is 9.78 Å². The van der Waals surface area contributed by atoms with Gasteiger partial charge in [0, 0.05) is 18.2 Å². The van der Waals surface area contributed by atoms with Gasteiger partial charge in [0.15, 0.2) is 0 Å². The number of halogens is 5. The molecule has 1 aromatic rings. The number of aromatic nitrogens is 1. The highest BCUT2D eigenvalue weighted by Crippen LogP contribution is 2.31. The lowest BCUT2D eigenvalue weighted by molar-refractivity contribution is -0.275. The van der Waals surface area contributed by atoms with Crippen molar-refractivity contribution in [3.05, 3.63) is 23.0 Å². The number of rotatable bonds is 5. The van der Waals surface area contributed by atoms with Crippen molar-refractivity contribution in [2.45, 2.75) is 25.8 Å². The normalized spacial score (nSPS) is 11.8. The van der Waals surface area contributed by atoms with Crippen LogP contribution in [0.4, 0.5) is 22.0 Å². The monoisotopic (exact) mass is 300 g/mol. The zero-order chi connectivity index (χ0) is 15.5. The van der Waals surface area contributed by atoms with Gasteiger partial charge in [-0.15, -0.1) is 13.2 Å². The van der Waals surface area contributed by atoms with Gasteiger partial charge in [-0.2, -0.15) is 0 Å². The summed E-state index contributed by atoms with van der Waals surface area (Å²) in [5.41, 5.74) is 3.32.